The largest absolute Gasteiger partial charge is 0.408 e. The fourth-order valence-corrected chi connectivity index (χ4v) is 5.89. The molecule has 3 nitrogen and oxygen atoms in total. The van der Waals surface area contributed by atoms with Gasteiger partial charge in [0.2, 0.25) is 0 Å². The SMILES string of the molecule is C=CC1=C[C@@H](O[Si](CC)(CC)CC)[C@@H]2O[C@]2(C)[C@H]1O. The fourth-order valence-electron chi connectivity index (χ4n) is 3.12. The summed E-state index contributed by atoms with van der Waals surface area (Å²) in [5, 5.41) is 10.2. The topological polar surface area (TPSA) is 42.0 Å². The van der Waals surface area contributed by atoms with Gasteiger partial charge in [0.05, 0.1) is 6.10 Å². The molecule has 19 heavy (non-hydrogen) atoms. The molecule has 0 amide bonds. The Labute approximate surface area is 117 Å². The molecule has 0 saturated carbocycles. The standard InChI is InChI=1S/C15H26O3Si/c1-6-11-10-12(14-15(5,17-14)13(11)16)18-19(7-2,8-3)9-4/h6,10,12-14,16H,1,7-9H2,2-5H3/t12-,13+,14+,15-/m1/s1. The average molecular weight is 282 g/mol. The van der Waals surface area contributed by atoms with Crippen LogP contribution in [0.5, 0.6) is 0 Å². The highest BCUT2D eigenvalue weighted by atomic mass is 28.4. The van der Waals surface area contributed by atoms with Gasteiger partial charge < -0.3 is 14.3 Å². The molecule has 0 radical (unpaired) electrons. The van der Waals surface area contributed by atoms with Crippen LogP contribution in [0.4, 0.5) is 0 Å². The van der Waals surface area contributed by atoms with E-state index in [2.05, 4.69) is 27.4 Å². The second kappa shape index (κ2) is 5.17. The summed E-state index contributed by atoms with van der Waals surface area (Å²) in [5.41, 5.74) is 0.366. The maximum atomic E-state index is 10.2. The molecule has 1 fully saturated rings. The number of aliphatic hydroxyl groups is 1. The van der Waals surface area contributed by atoms with E-state index in [0.29, 0.717) is 0 Å². The normalized spacial score (nSPS) is 37.5. The lowest BCUT2D eigenvalue weighted by atomic mass is 9.86. The first-order chi connectivity index (χ1) is 8.96. The van der Waals surface area contributed by atoms with Crippen LogP contribution in [0.25, 0.3) is 0 Å². The van der Waals surface area contributed by atoms with E-state index in [-0.39, 0.29) is 12.2 Å². The molecule has 0 unspecified atom stereocenters. The zero-order chi connectivity index (χ0) is 14.3. The molecular formula is C15H26O3Si. The van der Waals surface area contributed by atoms with Gasteiger partial charge in [0.1, 0.15) is 17.8 Å². The maximum absolute atomic E-state index is 10.2. The van der Waals surface area contributed by atoms with Gasteiger partial charge in [0.15, 0.2) is 8.32 Å². The van der Waals surface area contributed by atoms with Gasteiger partial charge in [-0.05, 0) is 36.7 Å². The smallest absolute Gasteiger partial charge is 0.193 e. The molecule has 4 atom stereocenters. The molecule has 2 rings (SSSR count). The zero-order valence-corrected chi connectivity index (χ0v) is 13.5. The predicted molar refractivity (Wildman–Crippen MR) is 79.6 cm³/mol. The van der Waals surface area contributed by atoms with Crippen LogP contribution in [-0.2, 0) is 9.16 Å². The highest BCUT2D eigenvalue weighted by Gasteiger charge is 2.64. The average Bonchev–Trinajstić information content (AvgIpc) is 3.13. The number of hydrogen-bond donors (Lipinski definition) is 1. The Morgan fingerprint density at radius 1 is 1.42 bits per heavy atom. The highest BCUT2D eigenvalue weighted by molar-refractivity contribution is 6.73. The lowest BCUT2D eigenvalue weighted by Crippen LogP contribution is -2.46. The molecule has 1 saturated heterocycles. The van der Waals surface area contributed by atoms with Crippen LogP contribution < -0.4 is 0 Å². The molecule has 0 bridgehead atoms. The summed E-state index contributed by atoms with van der Waals surface area (Å²) >= 11 is 0. The van der Waals surface area contributed by atoms with Crippen molar-refractivity contribution in [2.45, 2.75) is 69.7 Å². The number of ether oxygens (including phenoxy) is 1. The van der Waals surface area contributed by atoms with Crippen molar-refractivity contribution < 1.29 is 14.3 Å². The third-order valence-electron chi connectivity index (χ3n) is 4.96. The Morgan fingerprint density at radius 3 is 2.47 bits per heavy atom. The van der Waals surface area contributed by atoms with E-state index in [9.17, 15) is 5.11 Å². The highest BCUT2D eigenvalue weighted by Crippen LogP contribution is 2.49. The first-order valence-electron chi connectivity index (χ1n) is 7.34. The van der Waals surface area contributed by atoms with Gasteiger partial charge in [-0.25, -0.2) is 0 Å². The van der Waals surface area contributed by atoms with E-state index in [0.717, 1.165) is 23.7 Å². The first-order valence-corrected chi connectivity index (χ1v) is 9.87. The van der Waals surface area contributed by atoms with Crippen molar-refractivity contribution in [2.24, 2.45) is 0 Å². The van der Waals surface area contributed by atoms with Crippen molar-refractivity contribution in [1.82, 2.24) is 0 Å². The van der Waals surface area contributed by atoms with Crippen LogP contribution in [0.1, 0.15) is 27.7 Å². The van der Waals surface area contributed by atoms with Crippen LogP contribution in [0.3, 0.4) is 0 Å². The molecular weight excluding hydrogens is 256 g/mol. The molecule has 0 aromatic carbocycles. The maximum Gasteiger partial charge on any atom is 0.193 e. The molecule has 108 valence electrons. The molecule has 1 aliphatic carbocycles. The van der Waals surface area contributed by atoms with Gasteiger partial charge in [-0.2, -0.15) is 0 Å². The van der Waals surface area contributed by atoms with Gasteiger partial charge in [0.25, 0.3) is 0 Å². The van der Waals surface area contributed by atoms with Crippen molar-refractivity contribution >= 4 is 8.32 Å². The van der Waals surface area contributed by atoms with Crippen molar-refractivity contribution in [3.8, 4) is 0 Å². The zero-order valence-electron chi connectivity index (χ0n) is 12.5. The van der Waals surface area contributed by atoms with Crippen molar-refractivity contribution in [3.63, 3.8) is 0 Å². The molecule has 4 heteroatoms. The number of rotatable bonds is 6. The molecule has 0 aromatic rings. The fraction of sp³-hybridized carbons (Fsp3) is 0.733. The molecule has 1 N–H and O–H groups in total. The minimum absolute atomic E-state index is 0.00252. The number of aliphatic hydroxyl groups excluding tert-OH is 1. The van der Waals surface area contributed by atoms with Crippen LogP contribution in [0.15, 0.2) is 24.3 Å². The van der Waals surface area contributed by atoms with Gasteiger partial charge in [-0.15, -0.1) is 0 Å². The summed E-state index contributed by atoms with van der Waals surface area (Å²) in [6.07, 6.45) is 3.14. The third-order valence-corrected chi connectivity index (χ3v) is 9.60. The number of epoxide rings is 1. The summed E-state index contributed by atoms with van der Waals surface area (Å²) in [7, 11) is -1.66. The second-order valence-corrected chi connectivity index (χ2v) is 10.5. The molecule has 0 aromatic heterocycles. The molecule has 0 spiro atoms. The Kier molecular flexibility index (Phi) is 4.07. The monoisotopic (exact) mass is 282 g/mol. The summed E-state index contributed by atoms with van der Waals surface area (Å²) in [4.78, 5) is 0. The Balaban J connectivity index is 2.21. The lowest BCUT2D eigenvalue weighted by molar-refractivity contribution is 0.115. The minimum Gasteiger partial charge on any atom is -0.408 e. The van der Waals surface area contributed by atoms with E-state index >= 15 is 0 Å². The van der Waals surface area contributed by atoms with E-state index in [1.807, 2.05) is 13.0 Å². The molecule has 2 aliphatic rings. The summed E-state index contributed by atoms with van der Waals surface area (Å²) in [6, 6.07) is 3.37. The Hall–Kier alpha value is -0.423. The number of fused-ring (bicyclic) bond motifs is 1. The van der Waals surface area contributed by atoms with Gasteiger partial charge >= 0.3 is 0 Å². The van der Waals surface area contributed by atoms with Crippen LogP contribution in [0, 0.1) is 0 Å². The third kappa shape index (κ3) is 2.35. The van der Waals surface area contributed by atoms with Gasteiger partial charge in [-0.3, -0.25) is 0 Å². The van der Waals surface area contributed by atoms with Gasteiger partial charge in [0, 0.05) is 0 Å². The Morgan fingerprint density at radius 2 is 2.00 bits per heavy atom. The van der Waals surface area contributed by atoms with Crippen LogP contribution in [-0.4, -0.2) is 37.3 Å². The first kappa shape index (κ1) is 15.0. The molecule has 1 heterocycles. The van der Waals surface area contributed by atoms with E-state index in [1.54, 1.807) is 6.08 Å². The lowest BCUT2D eigenvalue weighted by Gasteiger charge is -2.34. The quantitative estimate of drug-likeness (QED) is 0.601. The summed E-state index contributed by atoms with van der Waals surface area (Å²) in [6.45, 7) is 12.4. The van der Waals surface area contributed by atoms with E-state index in [4.69, 9.17) is 9.16 Å². The van der Waals surface area contributed by atoms with Crippen LogP contribution in [0.2, 0.25) is 18.1 Å². The number of hydrogen-bond acceptors (Lipinski definition) is 3. The van der Waals surface area contributed by atoms with E-state index < -0.39 is 20.0 Å². The van der Waals surface area contributed by atoms with Gasteiger partial charge in [-0.1, -0.05) is 33.4 Å². The summed E-state index contributed by atoms with van der Waals surface area (Å²) in [5.74, 6) is 0. The van der Waals surface area contributed by atoms with Crippen molar-refractivity contribution in [1.29, 1.82) is 0 Å². The minimum atomic E-state index is -1.66. The van der Waals surface area contributed by atoms with Crippen LogP contribution >= 0.6 is 0 Å². The van der Waals surface area contributed by atoms with Crippen molar-refractivity contribution in [3.05, 3.63) is 24.3 Å². The second-order valence-electron chi connectivity index (χ2n) is 5.82. The molecule has 1 aliphatic heterocycles. The summed E-state index contributed by atoms with van der Waals surface area (Å²) < 4.78 is 12.3. The Bertz CT molecular complexity index is 381. The van der Waals surface area contributed by atoms with E-state index in [1.165, 1.54) is 0 Å². The predicted octanol–water partition coefficient (Wildman–Crippen LogP) is 3.02. The van der Waals surface area contributed by atoms with Crippen molar-refractivity contribution in [2.75, 3.05) is 0 Å².